The molecule has 36 heavy (non-hydrogen) atoms. The summed E-state index contributed by atoms with van der Waals surface area (Å²) in [6, 6.07) is 7.72. The normalized spacial score (nSPS) is 11.9. The molecule has 0 fully saturated rings. The lowest BCUT2D eigenvalue weighted by molar-refractivity contribution is 0.0545. The van der Waals surface area contributed by atoms with Gasteiger partial charge in [-0.2, -0.15) is 0 Å². The Labute approximate surface area is 210 Å². The van der Waals surface area contributed by atoms with Crippen molar-refractivity contribution in [1.29, 1.82) is 0 Å². The van der Waals surface area contributed by atoms with Crippen LogP contribution < -0.4 is 16.4 Å². The van der Waals surface area contributed by atoms with Crippen molar-refractivity contribution >= 4 is 45.9 Å². The first kappa shape index (κ1) is 26.7. The maximum absolute atomic E-state index is 12.3. The van der Waals surface area contributed by atoms with E-state index < -0.39 is 23.4 Å². The third-order valence-corrected chi connectivity index (χ3v) is 4.84. The highest BCUT2D eigenvalue weighted by Gasteiger charge is 2.21. The highest BCUT2D eigenvalue weighted by Crippen LogP contribution is 2.28. The van der Waals surface area contributed by atoms with Gasteiger partial charge in [0.25, 0.3) is 0 Å². The van der Waals surface area contributed by atoms with E-state index in [1.165, 1.54) is 0 Å². The summed E-state index contributed by atoms with van der Waals surface area (Å²) in [5, 5.41) is 5.92. The number of fused-ring (bicyclic) bond motifs is 3. The number of guanidine groups is 1. The van der Waals surface area contributed by atoms with E-state index in [1.54, 1.807) is 41.5 Å². The van der Waals surface area contributed by atoms with Crippen LogP contribution in [-0.2, 0) is 22.4 Å². The van der Waals surface area contributed by atoms with Gasteiger partial charge in [-0.05, 0) is 47.6 Å². The number of nitrogen functional groups attached to an aromatic ring is 1. The Bertz CT molecular complexity index is 1270. The minimum absolute atomic E-state index is 0.0768. The SMILES string of the molecule is CCc1nc2c(N)nc3ccccc3c2n1CCN=C(NC(=O)OC(C)(C)C)NC(=O)OC(C)(C)C. The number of benzene rings is 1. The van der Waals surface area contributed by atoms with Gasteiger partial charge in [-0.3, -0.25) is 15.6 Å². The molecule has 0 unspecified atom stereocenters. The number of anilines is 1. The number of alkyl carbamates (subject to hydrolysis) is 2. The number of nitrogens with two attached hydrogens (primary N) is 1. The molecule has 0 saturated heterocycles. The smallest absolute Gasteiger partial charge is 0.414 e. The van der Waals surface area contributed by atoms with Crippen LogP contribution in [0.1, 0.15) is 54.3 Å². The third kappa shape index (κ3) is 6.83. The van der Waals surface area contributed by atoms with Crippen molar-refractivity contribution in [2.24, 2.45) is 4.99 Å². The standard InChI is InChI=1S/C25H35N7O4/c1-8-17-29-18-19(15-11-9-10-12-16(15)28-20(18)26)32(17)14-13-27-21(30-22(33)35-24(2,3)4)31-23(34)36-25(5,6)7/h9-12H,8,13-14H2,1-7H3,(H2,26,28)(H2,27,30,31,33,34). The summed E-state index contributed by atoms with van der Waals surface area (Å²) >= 11 is 0. The van der Waals surface area contributed by atoms with Crippen LogP contribution in [0.2, 0.25) is 0 Å². The second-order valence-electron chi connectivity index (χ2n) is 10.2. The summed E-state index contributed by atoms with van der Waals surface area (Å²) in [7, 11) is 0. The molecule has 0 aliphatic heterocycles. The molecule has 3 aromatic rings. The first-order chi connectivity index (χ1) is 16.8. The van der Waals surface area contributed by atoms with Gasteiger partial charge in [-0.1, -0.05) is 25.1 Å². The van der Waals surface area contributed by atoms with Crippen molar-refractivity contribution < 1.29 is 19.1 Å². The Balaban J connectivity index is 1.91. The Kier molecular flexibility index (Phi) is 7.71. The molecule has 194 valence electrons. The van der Waals surface area contributed by atoms with Crippen molar-refractivity contribution in [3.05, 3.63) is 30.1 Å². The van der Waals surface area contributed by atoms with Crippen molar-refractivity contribution in [2.45, 2.75) is 72.6 Å². The predicted octanol–water partition coefficient (Wildman–Crippen LogP) is 4.13. The highest BCUT2D eigenvalue weighted by molar-refractivity contribution is 6.06. The van der Waals surface area contributed by atoms with Gasteiger partial charge >= 0.3 is 12.2 Å². The number of hydrogen-bond acceptors (Lipinski definition) is 8. The minimum atomic E-state index is -0.746. The first-order valence-electron chi connectivity index (χ1n) is 11.8. The average Bonchev–Trinajstić information content (AvgIpc) is 3.10. The first-order valence-corrected chi connectivity index (χ1v) is 11.8. The van der Waals surface area contributed by atoms with Gasteiger partial charge in [0.05, 0.1) is 17.6 Å². The zero-order valence-corrected chi connectivity index (χ0v) is 21.9. The number of carbonyl (C=O) groups is 2. The molecule has 0 spiro atoms. The molecule has 0 radical (unpaired) electrons. The molecule has 4 N–H and O–H groups in total. The van der Waals surface area contributed by atoms with Gasteiger partial charge in [0.15, 0.2) is 5.82 Å². The molecule has 1 aromatic carbocycles. The zero-order valence-electron chi connectivity index (χ0n) is 21.9. The highest BCUT2D eigenvalue weighted by atomic mass is 16.6. The quantitative estimate of drug-likeness (QED) is 0.363. The summed E-state index contributed by atoms with van der Waals surface area (Å²) < 4.78 is 12.6. The summed E-state index contributed by atoms with van der Waals surface area (Å²) in [4.78, 5) is 38.3. The van der Waals surface area contributed by atoms with E-state index >= 15 is 0 Å². The number of aromatic nitrogens is 3. The van der Waals surface area contributed by atoms with Gasteiger partial charge < -0.3 is 19.8 Å². The molecule has 0 atom stereocenters. The number of ether oxygens (including phenoxy) is 2. The van der Waals surface area contributed by atoms with Gasteiger partial charge in [-0.25, -0.2) is 19.6 Å². The number of rotatable bonds is 4. The molecule has 0 saturated carbocycles. The molecule has 0 bridgehead atoms. The number of nitrogens with one attached hydrogen (secondary N) is 2. The summed E-state index contributed by atoms with van der Waals surface area (Å²) in [6.45, 7) is 13.1. The lowest BCUT2D eigenvalue weighted by Gasteiger charge is -2.22. The Hall–Kier alpha value is -3.89. The van der Waals surface area contributed by atoms with Crippen molar-refractivity contribution in [2.75, 3.05) is 12.3 Å². The van der Waals surface area contributed by atoms with E-state index in [0.29, 0.717) is 24.3 Å². The van der Waals surface area contributed by atoms with Gasteiger partial charge in [0.1, 0.15) is 22.5 Å². The number of aliphatic imine (C=N–C) groups is 1. The molecule has 0 aliphatic carbocycles. The molecular formula is C25H35N7O4. The van der Waals surface area contributed by atoms with Crippen LogP contribution in [-0.4, -0.2) is 50.4 Å². The summed E-state index contributed by atoms with van der Waals surface area (Å²) in [6.07, 6.45) is -0.820. The monoisotopic (exact) mass is 497 g/mol. The van der Waals surface area contributed by atoms with E-state index in [-0.39, 0.29) is 12.5 Å². The fourth-order valence-corrected chi connectivity index (χ4v) is 3.59. The average molecular weight is 498 g/mol. The number of carbonyl (C=O) groups excluding carboxylic acids is 2. The van der Waals surface area contributed by atoms with Gasteiger partial charge in [0.2, 0.25) is 5.96 Å². The van der Waals surface area contributed by atoms with E-state index in [4.69, 9.17) is 20.2 Å². The summed E-state index contributed by atoms with van der Waals surface area (Å²) in [5.41, 5.74) is 7.04. The fraction of sp³-hybridized carbons (Fsp3) is 0.480. The van der Waals surface area contributed by atoms with Crippen LogP contribution in [0.5, 0.6) is 0 Å². The van der Waals surface area contributed by atoms with Crippen LogP contribution in [0.15, 0.2) is 29.3 Å². The molecule has 11 heteroatoms. The predicted molar refractivity (Wildman–Crippen MR) is 140 cm³/mol. The molecular weight excluding hydrogens is 462 g/mol. The van der Waals surface area contributed by atoms with Crippen LogP contribution >= 0.6 is 0 Å². The minimum Gasteiger partial charge on any atom is -0.444 e. The number of pyridine rings is 1. The number of nitrogens with zero attached hydrogens (tertiary/aromatic N) is 4. The van der Waals surface area contributed by atoms with Crippen LogP contribution in [0.25, 0.3) is 21.9 Å². The maximum Gasteiger partial charge on any atom is 0.414 e. The van der Waals surface area contributed by atoms with Gasteiger partial charge in [0, 0.05) is 18.4 Å². The maximum atomic E-state index is 12.3. The number of imidazole rings is 1. The lowest BCUT2D eigenvalue weighted by Crippen LogP contribution is -2.47. The zero-order chi connectivity index (χ0) is 26.7. The Morgan fingerprint density at radius 2 is 1.58 bits per heavy atom. The number of aryl methyl sites for hydroxylation is 1. The lowest BCUT2D eigenvalue weighted by atomic mass is 10.2. The number of para-hydroxylation sites is 1. The van der Waals surface area contributed by atoms with Crippen LogP contribution in [0.3, 0.4) is 0 Å². The van der Waals surface area contributed by atoms with Crippen molar-refractivity contribution in [1.82, 2.24) is 25.2 Å². The number of hydrogen-bond donors (Lipinski definition) is 3. The second-order valence-corrected chi connectivity index (χ2v) is 10.2. The molecule has 2 amide bonds. The molecule has 3 rings (SSSR count). The largest absolute Gasteiger partial charge is 0.444 e. The van der Waals surface area contributed by atoms with Crippen LogP contribution in [0, 0.1) is 0 Å². The fourth-order valence-electron chi connectivity index (χ4n) is 3.59. The second kappa shape index (κ2) is 10.4. The molecule has 2 heterocycles. The molecule has 11 nitrogen and oxygen atoms in total. The number of amides is 2. The summed E-state index contributed by atoms with van der Waals surface area (Å²) in [5.74, 6) is 1.11. The van der Waals surface area contributed by atoms with Gasteiger partial charge in [-0.15, -0.1) is 0 Å². The van der Waals surface area contributed by atoms with Crippen molar-refractivity contribution in [3.63, 3.8) is 0 Å². The van der Waals surface area contributed by atoms with E-state index in [2.05, 4.69) is 20.6 Å². The molecule has 0 aliphatic rings. The topological polar surface area (TPSA) is 146 Å². The Morgan fingerprint density at radius 1 is 1.00 bits per heavy atom. The van der Waals surface area contributed by atoms with E-state index in [1.807, 2.05) is 35.8 Å². The Morgan fingerprint density at radius 3 is 2.14 bits per heavy atom. The van der Waals surface area contributed by atoms with Crippen molar-refractivity contribution in [3.8, 4) is 0 Å². The van der Waals surface area contributed by atoms with E-state index in [9.17, 15) is 9.59 Å². The molecule has 2 aromatic heterocycles. The third-order valence-electron chi connectivity index (χ3n) is 4.84. The van der Waals surface area contributed by atoms with Crippen LogP contribution in [0.4, 0.5) is 15.4 Å². The van der Waals surface area contributed by atoms with E-state index in [0.717, 1.165) is 22.2 Å².